The normalized spacial score (nSPS) is 16.6. The number of para-hydroxylation sites is 2. The third-order valence-corrected chi connectivity index (χ3v) is 10.5. The van der Waals surface area contributed by atoms with Gasteiger partial charge in [-0.2, -0.15) is 0 Å². The first-order valence-electron chi connectivity index (χ1n) is 18.0. The van der Waals surface area contributed by atoms with Gasteiger partial charge in [0.05, 0.1) is 34.3 Å². The fraction of sp³-hybridized carbons (Fsp3) is 0.0851. The number of allylic oxidation sites excluding steroid dienone is 2. The molecule has 3 heterocycles. The summed E-state index contributed by atoms with van der Waals surface area (Å²) in [4.78, 5) is 18.3. The smallest absolute Gasteiger partial charge is 0.145 e. The largest absolute Gasteiger partial charge is 0.348 e. The Hall–Kier alpha value is -6.59. The van der Waals surface area contributed by atoms with Crippen LogP contribution in [-0.4, -0.2) is 43.9 Å². The predicted octanol–water partition coefficient (Wildman–Crippen LogP) is 10.7. The van der Waals surface area contributed by atoms with Crippen LogP contribution in [0.5, 0.6) is 0 Å². The molecule has 52 heavy (non-hydrogen) atoms. The lowest BCUT2D eigenvalue weighted by Crippen LogP contribution is -2.38. The number of aromatic nitrogens is 3. The van der Waals surface area contributed by atoms with E-state index >= 15 is 0 Å². The van der Waals surface area contributed by atoms with Crippen molar-refractivity contribution in [1.29, 1.82) is 0 Å². The van der Waals surface area contributed by atoms with Gasteiger partial charge in [0.15, 0.2) is 0 Å². The molecular formula is C47H35N5. The van der Waals surface area contributed by atoms with Crippen LogP contribution >= 0.6 is 0 Å². The second-order valence-electron chi connectivity index (χ2n) is 13.5. The van der Waals surface area contributed by atoms with E-state index in [1.165, 1.54) is 0 Å². The van der Waals surface area contributed by atoms with Crippen LogP contribution in [0.2, 0.25) is 0 Å². The highest BCUT2D eigenvalue weighted by atomic mass is 15.3. The van der Waals surface area contributed by atoms with Crippen LogP contribution in [0.3, 0.4) is 0 Å². The van der Waals surface area contributed by atoms with Gasteiger partial charge in [-0.3, -0.25) is 9.56 Å². The number of likely N-dealkylation sites (N-methyl/N-ethyl adjacent to an activating group) is 1. The zero-order valence-electron chi connectivity index (χ0n) is 28.8. The number of benzene rings is 6. The van der Waals surface area contributed by atoms with E-state index in [2.05, 4.69) is 180 Å². The molecule has 1 aliphatic heterocycles. The van der Waals surface area contributed by atoms with Crippen LogP contribution in [0, 0.1) is 0 Å². The molecule has 0 bridgehead atoms. The molecule has 10 rings (SSSR count). The topological polar surface area (TPSA) is 46.3 Å². The number of amidine groups is 1. The molecule has 248 valence electrons. The molecule has 2 atom stereocenters. The van der Waals surface area contributed by atoms with Crippen LogP contribution in [0.15, 0.2) is 175 Å². The van der Waals surface area contributed by atoms with E-state index in [4.69, 9.17) is 15.0 Å². The summed E-state index contributed by atoms with van der Waals surface area (Å²) in [5, 5.41) is 3.32. The minimum absolute atomic E-state index is 0.168. The number of rotatable bonds is 6. The molecule has 0 amide bonds. The lowest BCUT2D eigenvalue weighted by molar-refractivity contribution is 0.387. The molecule has 0 saturated heterocycles. The Morgan fingerprint density at radius 2 is 1.29 bits per heavy atom. The highest BCUT2D eigenvalue weighted by Gasteiger charge is 2.33. The van der Waals surface area contributed by atoms with Gasteiger partial charge in [-0.05, 0) is 53.8 Å². The van der Waals surface area contributed by atoms with Gasteiger partial charge in [-0.1, -0.05) is 140 Å². The van der Waals surface area contributed by atoms with Crippen molar-refractivity contribution in [2.75, 3.05) is 6.54 Å². The summed E-state index contributed by atoms with van der Waals surface area (Å²) in [6.45, 7) is 3.12. The lowest BCUT2D eigenvalue weighted by atomic mass is 9.96. The van der Waals surface area contributed by atoms with E-state index in [1.54, 1.807) is 0 Å². The maximum absolute atomic E-state index is 5.43. The summed E-state index contributed by atoms with van der Waals surface area (Å²) in [5.74, 6) is 1.97. The lowest BCUT2D eigenvalue weighted by Gasteiger charge is -2.27. The Balaban J connectivity index is 1.13. The molecule has 5 heteroatoms. The highest BCUT2D eigenvalue weighted by Crippen LogP contribution is 2.40. The molecular weight excluding hydrogens is 635 g/mol. The zero-order valence-corrected chi connectivity index (χ0v) is 28.8. The van der Waals surface area contributed by atoms with Gasteiger partial charge in [-0.25, -0.2) is 9.97 Å². The third kappa shape index (κ3) is 4.89. The Morgan fingerprint density at radius 1 is 0.577 bits per heavy atom. The van der Waals surface area contributed by atoms with Gasteiger partial charge in [0, 0.05) is 39.7 Å². The minimum atomic E-state index is 0.168. The van der Waals surface area contributed by atoms with Crippen molar-refractivity contribution in [3.63, 3.8) is 0 Å². The van der Waals surface area contributed by atoms with Crippen molar-refractivity contribution in [1.82, 2.24) is 19.4 Å². The van der Waals surface area contributed by atoms with E-state index < -0.39 is 0 Å². The van der Waals surface area contributed by atoms with E-state index in [-0.39, 0.29) is 12.1 Å². The Labute approximate surface area is 302 Å². The van der Waals surface area contributed by atoms with Gasteiger partial charge < -0.3 is 4.90 Å². The van der Waals surface area contributed by atoms with Gasteiger partial charge >= 0.3 is 0 Å². The van der Waals surface area contributed by atoms with Crippen LogP contribution in [-0.2, 0) is 0 Å². The molecule has 0 spiro atoms. The summed E-state index contributed by atoms with van der Waals surface area (Å²) >= 11 is 0. The fourth-order valence-electron chi connectivity index (χ4n) is 8.02. The summed E-state index contributed by atoms with van der Waals surface area (Å²) in [6.07, 6.45) is 8.71. The molecule has 2 unspecified atom stereocenters. The van der Waals surface area contributed by atoms with Crippen LogP contribution < -0.4 is 0 Å². The molecule has 0 radical (unpaired) electrons. The van der Waals surface area contributed by atoms with Crippen molar-refractivity contribution >= 4 is 38.5 Å². The number of hydrogen-bond acceptors (Lipinski definition) is 4. The summed E-state index contributed by atoms with van der Waals surface area (Å²) in [7, 11) is 0. The van der Waals surface area contributed by atoms with Crippen molar-refractivity contribution in [3.8, 4) is 39.5 Å². The molecule has 5 nitrogen and oxygen atoms in total. The maximum Gasteiger partial charge on any atom is 0.145 e. The maximum atomic E-state index is 5.43. The van der Waals surface area contributed by atoms with Gasteiger partial charge in [-0.15, -0.1) is 0 Å². The molecule has 2 aliphatic rings. The average molecular weight is 670 g/mol. The summed E-state index contributed by atoms with van der Waals surface area (Å²) in [6, 6.07) is 51.9. The van der Waals surface area contributed by atoms with Crippen LogP contribution in [0.1, 0.15) is 12.5 Å². The minimum Gasteiger partial charge on any atom is -0.348 e. The predicted molar refractivity (Wildman–Crippen MR) is 215 cm³/mol. The number of pyridine rings is 1. The molecule has 2 aromatic heterocycles. The number of hydrogen-bond donors (Lipinski definition) is 0. The monoisotopic (exact) mass is 669 g/mol. The SMILES string of the molecule is CCN1C(c2cccc(-c3ccc(-c4nc5ccccc5c5ccc6c(nc(-c7ccccc7)n6-c6ccccc6)c45)cc3)c2)=NC2C=CC=CC21. The van der Waals surface area contributed by atoms with Gasteiger partial charge in [0.1, 0.15) is 11.7 Å². The first-order valence-corrected chi connectivity index (χ1v) is 18.0. The molecule has 0 saturated carbocycles. The standard InChI is InChI=1S/C47H35N5/c1-2-51-41-23-12-11-22-40(41)49-46(51)35-17-13-16-34(30-35)31-24-26-32(27-25-31)44-43-38(37-20-9-10-21-39(37)48-44)28-29-42-45(43)50-47(33-14-5-3-6-15-33)52(42)36-18-7-4-8-19-36/h3-30,40-41H,2H2,1H3. The average Bonchev–Trinajstić information content (AvgIpc) is 3.80. The Kier molecular flexibility index (Phi) is 7.17. The first-order chi connectivity index (χ1) is 25.7. The van der Waals surface area contributed by atoms with Crippen molar-refractivity contribution < 1.29 is 0 Å². The van der Waals surface area contributed by atoms with Crippen LogP contribution in [0.25, 0.3) is 72.2 Å². The number of imidazole rings is 1. The zero-order chi connectivity index (χ0) is 34.6. The van der Waals surface area contributed by atoms with E-state index in [0.29, 0.717) is 0 Å². The van der Waals surface area contributed by atoms with Crippen molar-refractivity contribution in [2.45, 2.75) is 19.0 Å². The van der Waals surface area contributed by atoms with Crippen molar-refractivity contribution in [3.05, 3.63) is 175 Å². The molecule has 8 aromatic rings. The van der Waals surface area contributed by atoms with Crippen molar-refractivity contribution in [2.24, 2.45) is 4.99 Å². The molecule has 0 N–H and O–H groups in total. The Morgan fingerprint density at radius 3 is 2.12 bits per heavy atom. The number of fused-ring (bicyclic) bond motifs is 6. The first kappa shape index (κ1) is 30.3. The molecule has 0 fully saturated rings. The van der Waals surface area contributed by atoms with Gasteiger partial charge in [0.25, 0.3) is 0 Å². The number of nitrogens with zero attached hydrogens (tertiary/aromatic N) is 5. The second-order valence-corrected chi connectivity index (χ2v) is 13.5. The summed E-state index contributed by atoms with van der Waals surface area (Å²) in [5.41, 5.74) is 10.5. The van der Waals surface area contributed by atoms with E-state index in [9.17, 15) is 0 Å². The quantitative estimate of drug-likeness (QED) is 0.166. The molecule has 6 aromatic carbocycles. The fourth-order valence-corrected chi connectivity index (χ4v) is 8.02. The number of aliphatic imine (C=N–C) groups is 1. The van der Waals surface area contributed by atoms with Gasteiger partial charge in [0.2, 0.25) is 0 Å². The van der Waals surface area contributed by atoms with E-state index in [1.807, 2.05) is 6.07 Å². The second kappa shape index (κ2) is 12.3. The highest BCUT2D eigenvalue weighted by molar-refractivity contribution is 6.20. The Bertz CT molecular complexity index is 2720. The van der Waals surface area contributed by atoms with E-state index in [0.717, 1.165) is 90.1 Å². The van der Waals surface area contributed by atoms with Crippen LogP contribution in [0.4, 0.5) is 0 Å². The third-order valence-electron chi connectivity index (χ3n) is 10.5. The summed E-state index contributed by atoms with van der Waals surface area (Å²) < 4.78 is 2.27. The molecule has 1 aliphatic carbocycles.